The largest absolute Gasteiger partial charge is 0.359 e. The number of hydrogen-bond donors (Lipinski definition) is 1. The first kappa shape index (κ1) is 13.2. The number of hydrogen-bond acceptors (Lipinski definition) is 4. The zero-order valence-electron chi connectivity index (χ0n) is 10.2. The lowest BCUT2D eigenvalue weighted by molar-refractivity contribution is 0.452. The molecule has 98 valence electrons. The SMILES string of the molecule is CCS(=O)(=O)CCN=C1NC2(CCCC2)CS1. The van der Waals surface area contributed by atoms with Gasteiger partial charge in [-0.2, -0.15) is 0 Å². The summed E-state index contributed by atoms with van der Waals surface area (Å²) in [5, 5.41) is 4.43. The third-order valence-corrected chi connectivity index (χ3v) is 6.40. The van der Waals surface area contributed by atoms with E-state index in [1.165, 1.54) is 25.7 Å². The molecular formula is C11H20N2O2S2. The van der Waals surface area contributed by atoms with Gasteiger partial charge in [0.05, 0.1) is 12.3 Å². The zero-order chi connectivity index (χ0) is 12.4. The van der Waals surface area contributed by atoms with Crippen molar-refractivity contribution in [1.82, 2.24) is 5.32 Å². The predicted octanol–water partition coefficient (Wildman–Crippen LogP) is 1.43. The molecule has 1 spiro atoms. The van der Waals surface area contributed by atoms with Crippen LogP contribution in [-0.4, -0.2) is 42.9 Å². The molecule has 0 amide bonds. The highest BCUT2D eigenvalue weighted by molar-refractivity contribution is 8.14. The minimum absolute atomic E-state index is 0.169. The predicted molar refractivity (Wildman–Crippen MR) is 73.4 cm³/mol. The van der Waals surface area contributed by atoms with Crippen LogP contribution < -0.4 is 5.32 Å². The van der Waals surface area contributed by atoms with Crippen molar-refractivity contribution in [3.63, 3.8) is 0 Å². The Labute approximate surface area is 108 Å². The van der Waals surface area contributed by atoms with E-state index in [0.29, 0.717) is 6.54 Å². The quantitative estimate of drug-likeness (QED) is 0.844. The molecule has 0 radical (unpaired) electrons. The summed E-state index contributed by atoms with van der Waals surface area (Å²) < 4.78 is 22.7. The summed E-state index contributed by atoms with van der Waals surface area (Å²) >= 11 is 1.74. The molecule has 2 rings (SSSR count). The molecule has 0 aromatic heterocycles. The fourth-order valence-electron chi connectivity index (χ4n) is 2.34. The average Bonchev–Trinajstić information content (AvgIpc) is 2.90. The van der Waals surface area contributed by atoms with Crippen LogP contribution in [0.3, 0.4) is 0 Å². The number of thioether (sulfide) groups is 1. The maximum Gasteiger partial charge on any atom is 0.157 e. The van der Waals surface area contributed by atoms with Crippen molar-refractivity contribution < 1.29 is 8.42 Å². The zero-order valence-corrected chi connectivity index (χ0v) is 11.9. The van der Waals surface area contributed by atoms with Gasteiger partial charge < -0.3 is 5.32 Å². The van der Waals surface area contributed by atoms with E-state index in [2.05, 4.69) is 10.3 Å². The van der Waals surface area contributed by atoms with Crippen LogP contribution in [0, 0.1) is 0 Å². The molecule has 1 N–H and O–H groups in total. The second kappa shape index (κ2) is 5.18. The molecule has 6 heteroatoms. The second-order valence-corrected chi connectivity index (χ2v) is 8.26. The van der Waals surface area contributed by atoms with E-state index in [4.69, 9.17) is 0 Å². The Kier molecular flexibility index (Phi) is 4.02. The lowest BCUT2D eigenvalue weighted by Gasteiger charge is -2.21. The van der Waals surface area contributed by atoms with Gasteiger partial charge in [-0.25, -0.2) is 8.42 Å². The summed E-state index contributed by atoms with van der Waals surface area (Å²) in [4.78, 5) is 4.36. The molecule has 4 nitrogen and oxygen atoms in total. The van der Waals surface area contributed by atoms with Crippen molar-refractivity contribution in [1.29, 1.82) is 0 Å². The van der Waals surface area contributed by atoms with Gasteiger partial charge in [0.2, 0.25) is 0 Å². The average molecular weight is 276 g/mol. The molecule has 0 unspecified atom stereocenters. The third-order valence-electron chi connectivity index (χ3n) is 3.52. The van der Waals surface area contributed by atoms with Crippen LogP contribution in [0.15, 0.2) is 4.99 Å². The summed E-state index contributed by atoms with van der Waals surface area (Å²) in [7, 11) is -2.88. The van der Waals surface area contributed by atoms with Gasteiger partial charge in [0.15, 0.2) is 15.0 Å². The van der Waals surface area contributed by atoms with Gasteiger partial charge in [-0.1, -0.05) is 31.5 Å². The van der Waals surface area contributed by atoms with Crippen molar-refractivity contribution >= 4 is 26.8 Å². The van der Waals surface area contributed by atoms with E-state index in [9.17, 15) is 8.42 Å². The van der Waals surface area contributed by atoms with Crippen molar-refractivity contribution in [3.05, 3.63) is 0 Å². The molecule has 1 saturated heterocycles. The normalized spacial score (nSPS) is 25.6. The van der Waals surface area contributed by atoms with Crippen LogP contribution in [0.1, 0.15) is 32.6 Å². The molecule has 1 aliphatic carbocycles. The van der Waals surface area contributed by atoms with Crippen LogP contribution in [-0.2, 0) is 9.84 Å². The fourth-order valence-corrected chi connectivity index (χ4v) is 4.25. The highest BCUT2D eigenvalue weighted by Gasteiger charge is 2.39. The van der Waals surface area contributed by atoms with Crippen LogP contribution in [0.4, 0.5) is 0 Å². The van der Waals surface area contributed by atoms with Crippen molar-refractivity contribution in [3.8, 4) is 0 Å². The standard InChI is InChI=1S/C11H20N2O2S2/c1-2-17(14,15)8-7-12-10-13-11(9-16-10)5-3-4-6-11/h2-9H2,1H3,(H,12,13). The van der Waals surface area contributed by atoms with Crippen LogP contribution in [0.2, 0.25) is 0 Å². The molecule has 1 aliphatic heterocycles. The maximum atomic E-state index is 11.3. The first-order chi connectivity index (χ1) is 8.05. The molecule has 0 aromatic rings. The van der Waals surface area contributed by atoms with Gasteiger partial charge in [0.1, 0.15) is 0 Å². The monoisotopic (exact) mass is 276 g/mol. The Morgan fingerprint density at radius 1 is 1.41 bits per heavy atom. The van der Waals surface area contributed by atoms with E-state index in [1.54, 1.807) is 18.7 Å². The summed E-state index contributed by atoms with van der Waals surface area (Å²) in [5.74, 6) is 1.47. The molecule has 17 heavy (non-hydrogen) atoms. The Morgan fingerprint density at radius 2 is 2.12 bits per heavy atom. The lowest BCUT2D eigenvalue weighted by Crippen LogP contribution is -2.40. The highest BCUT2D eigenvalue weighted by atomic mass is 32.2. The van der Waals surface area contributed by atoms with E-state index in [-0.39, 0.29) is 17.0 Å². The van der Waals surface area contributed by atoms with E-state index < -0.39 is 9.84 Å². The number of rotatable bonds is 4. The fraction of sp³-hybridized carbons (Fsp3) is 0.909. The molecule has 0 atom stereocenters. The van der Waals surface area contributed by atoms with Crippen molar-refractivity contribution in [2.45, 2.75) is 38.1 Å². The van der Waals surface area contributed by atoms with Gasteiger partial charge >= 0.3 is 0 Å². The van der Waals surface area contributed by atoms with E-state index >= 15 is 0 Å². The van der Waals surface area contributed by atoms with Crippen LogP contribution in [0.5, 0.6) is 0 Å². The summed E-state index contributed by atoms with van der Waals surface area (Å²) in [6.07, 6.45) is 5.05. The Hall–Kier alpha value is -0.230. The molecule has 0 aromatic carbocycles. The number of nitrogens with one attached hydrogen (secondary N) is 1. The number of aliphatic imine (C=N–C) groups is 1. The first-order valence-corrected chi connectivity index (χ1v) is 9.02. The number of amidine groups is 1. The molecule has 2 fully saturated rings. The van der Waals surface area contributed by atoms with Crippen LogP contribution >= 0.6 is 11.8 Å². The Bertz CT molecular complexity index is 398. The lowest BCUT2D eigenvalue weighted by atomic mass is 10.0. The first-order valence-electron chi connectivity index (χ1n) is 6.21. The van der Waals surface area contributed by atoms with Gasteiger partial charge in [-0.05, 0) is 12.8 Å². The summed E-state index contributed by atoms with van der Waals surface area (Å²) in [5.41, 5.74) is 0.271. The molecular weight excluding hydrogens is 256 g/mol. The van der Waals surface area contributed by atoms with E-state index in [0.717, 1.165) is 10.9 Å². The molecule has 1 heterocycles. The summed E-state index contributed by atoms with van der Waals surface area (Å²) in [6, 6.07) is 0. The topological polar surface area (TPSA) is 58.5 Å². The van der Waals surface area contributed by atoms with Gasteiger partial charge in [-0.3, -0.25) is 4.99 Å². The molecule has 0 bridgehead atoms. The number of nitrogens with zero attached hydrogens (tertiary/aromatic N) is 1. The number of sulfone groups is 1. The van der Waals surface area contributed by atoms with Crippen LogP contribution in [0.25, 0.3) is 0 Å². The maximum absolute atomic E-state index is 11.3. The Balaban J connectivity index is 1.84. The second-order valence-electron chi connectivity index (χ2n) is 4.82. The highest BCUT2D eigenvalue weighted by Crippen LogP contribution is 2.37. The van der Waals surface area contributed by atoms with Gasteiger partial charge in [0.25, 0.3) is 0 Å². The van der Waals surface area contributed by atoms with Gasteiger partial charge in [-0.15, -0.1) is 0 Å². The smallest absolute Gasteiger partial charge is 0.157 e. The van der Waals surface area contributed by atoms with Crippen molar-refractivity contribution in [2.24, 2.45) is 4.99 Å². The molecule has 1 saturated carbocycles. The minimum Gasteiger partial charge on any atom is -0.359 e. The summed E-state index contributed by atoms with van der Waals surface area (Å²) in [6.45, 7) is 2.07. The van der Waals surface area contributed by atoms with E-state index in [1.807, 2.05) is 0 Å². The minimum atomic E-state index is -2.88. The third kappa shape index (κ3) is 3.37. The Morgan fingerprint density at radius 3 is 2.76 bits per heavy atom. The molecule has 2 aliphatic rings. The van der Waals surface area contributed by atoms with Gasteiger partial charge in [0, 0.05) is 17.0 Å². The van der Waals surface area contributed by atoms with Crippen molar-refractivity contribution in [2.75, 3.05) is 23.8 Å².